The molecule has 1 fully saturated rings. The molecule has 0 bridgehead atoms. The molecular weight excluding hydrogens is 266 g/mol. The van der Waals surface area contributed by atoms with Gasteiger partial charge in [-0.2, -0.15) is 0 Å². The maximum atomic E-state index is 12.3. The minimum atomic E-state index is -0.0708. The first-order valence-electron chi connectivity index (χ1n) is 7.90. The molecule has 2 amide bonds. The topological polar surface area (TPSA) is 74.0 Å². The Kier molecular flexibility index (Phi) is 5.42. The highest BCUT2D eigenvalue weighted by Gasteiger charge is 2.29. The summed E-state index contributed by atoms with van der Waals surface area (Å²) >= 11 is 0. The summed E-state index contributed by atoms with van der Waals surface area (Å²) in [5.74, 6) is 0.517. The highest BCUT2D eigenvalue weighted by Crippen LogP contribution is 2.41. The fraction of sp³-hybridized carbons (Fsp3) is 0.625. The lowest BCUT2D eigenvalue weighted by molar-refractivity contribution is -0.121. The zero-order valence-electron chi connectivity index (χ0n) is 12.9. The predicted molar refractivity (Wildman–Crippen MR) is 82.2 cm³/mol. The number of nitrogens with one attached hydrogen (secondary N) is 3. The molecule has 1 saturated carbocycles. The molecule has 1 heterocycles. The van der Waals surface area contributed by atoms with E-state index in [2.05, 4.69) is 15.6 Å². The Balaban J connectivity index is 1.87. The van der Waals surface area contributed by atoms with Gasteiger partial charge >= 0.3 is 0 Å². The molecule has 116 valence electrons. The molecule has 0 spiro atoms. The first-order chi connectivity index (χ1) is 10.2. The van der Waals surface area contributed by atoms with E-state index in [1.54, 1.807) is 0 Å². The van der Waals surface area contributed by atoms with Crippen LogP contribution in [0.25, 0.3) is 0 Å². The first-order valence-corrected chi connectivity index (χ1v) is 7.90. The van der Waals surface area contributed by atoms with Crippen molar-refractivity contribution in [2.24, 2.45) is 0 Å². The predicted octanol–water partition coefficient (Wildman–Crippen LogP) is 2.32. The molecule has 5 nitrogen and oxygen atoms in total. The Morgan fingerprint density at radius 2 is 2.14 bits per heavy atom. The zero-order chi connectivity index (χ0) is 15.2. The molecule has 5 heteroatoms. The molecule has 0 aromatic carbocycles. The number of rotatable bonds is 8. The fourth-order valence-corrected chi connectivity index (χ4v) is 2.42. The van der Waals surface area contributed by atoms with Crippen LogP contribution in [0.5, 0.6) is 0 Å². The van der Waals surface area contributed by atoms with Crippen LogP contribution in [0, 0.1) is 0 Å². The molecule has 1 aromatic heterocycles. The van der Waals surface area contributed by atoms with Crippen LogP contribution in [0.2, 0.25) is 0 Å². The van der Waals surface area contributed by atoms with Gasteiger partial charge in [0.2, 0.25) is 5.91 Å². The number of amides is 2. The van der Waals surface area contributed by atoms with Crippen molar-refractivity contribution in [3.05, 3.63) is 23.5 Å². The monoisotopic (exact) mass is 291 g/mol. The Bertz CT molecular complexity index is 491. The van der Waals surface area contributed by atoms with Crippen molar-refractivity contribution in [1.82, 2.24) is 15.6 Å². The van der Waals surface area contributed by atoms with E-state index in [1.165, 1.54) is 12.8 Å². The van der Waals surface area contributed by atoms with Crippen molar-refractivity contribution in [3.63, 3.8) is 0 Å². The van der Waals surface area contributed by atoms with E-state index in [1.807, 2.05) is 26.1 Å². The maximum Gasteiger partial charge on any atom is 0.268 e. The van der Waals surface area contributed by atoms with Gasteiger partial charge < -0.3 is 15.6 Å². The molecule has 0 aliphatic heterocycles. The number of aromatic nitrogens is 1. The Morgan fingerprint density at radius 1 is 1.38 bits per heavy atom. The molecule has 0 saturated heterocycles. The van der Waals surface area contributed by atoms with E-state index < -0.39 is 0 Å². The number of hydrogen-bond acceptors (Lipinski definition) is 2. The smallest absolute Gasteiger partial charge is 0.268 e. The van der Waals surface area contributed by atoms with E-state index in [9.17, 15) is 9.59 Å². The quantitative estimate of drug-likeness (QED) is 0.687. The summed E-state index contributed by atoms with van der Waals surface area (Å²) in [5.41, 5.74) is 1.80. The zero-order valence-corrected chi connectivity index (χ0v) is 12.9. The SMILES string of the molecule is CCCC(=O)NCC(CC)NC(=O)c1[nH]ccc1C1CC1. The number of carbonyl (C=O) groups is 2. The van der Waals surface area contributed by atoms with Gasteiger partial charge in [-0.15, -0.1) is 0 Å². The number of hydrogen-bond donors (Lipinski definition) is 3. The molecule has 2 rings (SSSR count). The second-order valence-electron chi connectivity index (χ2n) is 5.71. The Morgan fingerprint density at radius 3 is 2.76 bits per heavy atom. The molecule has 0 radical (unpaired) electrons. The maximum absolute atomic E-state index is 12.3. The number of H-pyrrole nitrogens is 1. The normalized spacial score (nSPS) is 15.5. The van der Waals surface area contributed by atoms with Crippen LogP contribution in [-0.4, -0.2) is 29.4 Å². The summed E-state index contributed by atoms with van der Waals surface area (Å²) in [7, 11) is 0. The van der Waals surface area contributed by atoms with Crippen molar-refractivity contribution in [2.75, 3.05) is 6.54 Å². The lowest BCUT2D eigenvalue weighted by Gasteiger charge is -2.17. The van der Waals surface area contributed by atoms with Gasteiger partial charge in [-0.25, -0.2) is 0 Å². The average molecular weight is 291 g/mol. The Hall–Kier alpha value is -1.78. The third kappa shape index (κ3) is 4.34. The minimum Gasteiger partial charge on any atom is -0.357 e. The summed E-state index contributed by atoms with van der Waals surface area (Å²) in [6.45, 7) is 4.47. The van der Waals surface area contributed by atoms with E-state index in [4.69, 9.17) is 0 Å². The van der Waals surface area contributed by atoms with E-state index in [-0.39, 0.29) is 17.9 Å². The van der Waals surface area contributed by atoms with Gasteiger partial charge in [0.05, 0.1) is 0 Å². The van der Waals surface area contributed by atoms with Gasteiger partial charge in [0.25, 0.3) is 5.91 Å². The summed E-state index contributed by atoms with van der Waals surface area (Å²) in [5, 5.41) is 5.88. The third-order valence-corrected chi connectivity index (χ3v) is 3.87. The largest absolute Gasteiger partial charge is 0.357 e. The van der Waals surface area contributed by atoms with E-state index >= 15 is 0 Å². The van der Waals surface area contributed by atoms with Gasteiger partial charge in [0.15, 0.2) is 0 Å². The van der Waals surface area contributed by atoms with Crippen molar-refractivity contribution in [1.29, 1.82) is 0 Å². The number of aromatic amines is 1. The van der Waals surface area contributed by atoms with Gasteiger partial charge in [0, 0.05) is 25.2 Å². The second-order valence-corrected chi connectivity index (χ2v) is 5.71. The molecule has 3 N–H and O–H groups in total. The van der Waals surface area contributed by atoms with Gasteiger partial charge in [0.1, 0.15) is 5.69 Å². The summed E-state index contributed by atoms with van der Waals surface area (Å²) < 4.78 is 0. The second kappa shape index (κ2) is 7.29. The fourth-order valence-electron chi connectivity index (χ4n) is 2.42. The van der Waals surface area contributed by atoms with Crippen molar-refractivity contribution < 1.29 is 9.59 Å². The third-order valence-electron chi connectivity index (χ3n) is 3.87. The van der Waals surface area contributed by atoms with Crippen LogP contribution >= 0.6 is 0 Å². The van der Waals surface area contributed by atoms with Crippen LogP contribution < -0.4 is 10.6 Å². The lowest BCUT2D eigenvalue weighted by atomic mass is 10.1. The van der Waals surface area contributed by atoms with E-state index in [0.29, 0.717) is 24.6 Å². The van der Waals surface area contributed by atoms with Crippen LogP contribution in [0.15, 0.2) is 12.3 Å². The van der Waals surface area contributed by atoms with Crippen LogP contribution in [-0.2, 0) is 4.79 Å². The van der Waals surface area contributed by atoms with Gasteiger partial charge in [-0.05, 0) is 43.2 Å². The van der Waals surface area contributed by atoms with E-state index in [0.717, 1.165) is 18.4 Å². The van der Waals surface area contributed by atoms with Crippen LogP contribution in [0.3, 0.4) is 0 Å². The molecule has 1 unspecified atom stereocenters. The van der Waals surface area contributed by atoms with Gasteiger partial charge in [-0.1, -0.05) is 13.8 Å². The molecular formula is C16H25N3O2. The van der Waals surface area contributed by atoms with Crippen LogP contribution in [0.1, 0.15) is 67.9 Å². The average Bonchev–Trinajstić information content (AvgIpc) is 3.20. The summed E-state index contributed by atoms with van der Waals surface area (Å²) in [6.07, 6.45) is 6.32. The number of carbonyl (C=O) groups excluding carboxylic acids is 2. The molecule has 1 aromatic rings. The summed E-state index contributed by atoms with van der Waals surface area (Å²) in [4.78, 5) is 26.9. The minimum absolute atomic E-state index is 0.0336. The van der Waals surface area contributed by atoms with Crippen molar-refractivity contribution in [2.45, 2.75) is 57.9 Å². The van der Waals surface area contributed by atoms with Crippen molar-refractivity contribution >= 4 is 11.8 Å². The molecule has 1 aliphatic carbocycles. The van der Waals surface area contributed by atoms with Gasteiger partial charge in [-0.3, -0.25) is 9.59 Å². The molecule has 21 heavy (non-hydrogen) atoms. The Labute approximate surface area is 125 Å². The summed E-state index contributed by atoms with van der Waals surface area (Å²) in [6, 6.07) is 1.96. The molecule has 1 atom stereocenters. The standard InChI is InChI=1S/C16H25N3O2/c1-3-5-14(20)18-10-12(4-2)19-16(21)15-13(8-9-17-15)11-6-7-11/h8-9,11-12,17H,3-7,10H2,1-2H3,(H,18,20)(H,19,21). The van der Waals surface area contributed by atoms with Crippen molar-refractivity contribution in [3.8, 4) is 0 Å². The first kappa shape index (κ1) is 15.6. The highest BCUT2D eigenvalue weighted by molar-refractivity contribution is 5.94. The highest BCUT2D eigenvalue weighted by atomic mass is 16.2. The lowest BCUT2D eigenvalue weighted by Crippen LogP contribution is -2.43. The van der Waals surface area contributed by atoms with Crippen LogP contribution in [0.4, 0.5) is 0 Å². The molecule has 1 aliphatic rings.